The lowest BCUT2D eigenvalue weighted by Gasteiger charge is -2.32. The maximum Gasteiger partial charge on any atom is 0.259 e. The van der Waals surface area contributed by atoms with Crippen LogP contribution >= 0.6 is 0 Å². The predicted octanol–water partition coefficient (Wildman–Crippen LogP) is 4.20. The van der Waals surface area contributed by atoms with Gasteiger partial charge in [0, 0.05) is 17.7 Å². The van der Waals surface area contributed by atoms with Crippen molar-refractivity contribution in [3.05, 3.63) is 54.3 Å². The molecular weight excluding hydrogens is 723 g/mol. The van der Waals surface area contributed by atoms with Gasteiger partial charge in [-0.2, -0.15) is 0 Å². The molecule has 2 aromatic rings. The summed E-state index contributed by atoms with van der Waals surface area (Å²) in [6.07, 6.45) is 16.3. The minimum Gasteiger partial charge on any atom is -0.486 e. The minimum absolute atomic E-state index is 0.0747. The molecule has 0 radical (unpaired) electrons. The Labute approximate surface area is 322 Å². The number of nitrogens with one attached hydrogen (secondary N) is 3. The Morgan fingerprint density at radius 2 is 1.80 bits per heavy atom. The topological polar surface area (TPSA) is 176 Å². The van der Waals surface area contributed by atoms with E-state index < -0.39 is 63.1 Å². The second kappa shape index (κ2) is 16.0. The van der Waals surface area contributed by atoms with Gasteiger partial charge in [0.15, 0.2) is 0 Å². The van der Waals surface area contributed by atoms with Crippen molar-refractivity contribution in [2.45, 2.75) is 138 Å². The van der Waals surface area contributed by atoms with Crippen LogP contribution in [-0.2, 0) is 29.1 Å². The van der Waals surface area contributed by atoms with E-state index in [0.29, 0.717) is 43.0 Å². The van der Waals surface area contributed by atoms with Gasteiger partial charge in [-0.15, -0.1) is 0 Å². The summed E-state index contributed by atoms with van der Waals surface area (Å²) in [5.74, 6) is -1.24. The lowest BCUT2D eigenvalue weighted by Crippen LogP contribution is -2.58. The zero-order valence-electron chi connectivity index (χ0n) is 31.2. The van der Waals surface area contributed by atoms with Gasteiger partial charge in [-0.05, 0) is 94.8 Å². The number of carbonyl (C=O) groups excluding carboxylic acids is 3. The molecule has 3 saturated carbocycles. The molecule has 1 unspecified atom stereocenters. The molecule has 1 aromatic heterocycles. The van der Waals surface area contributed by atoms with Gasteiger partial charge in [-0.25, -0.2) is 13.4 Å². The smallest absolute Gasteiger partial charge is 0.259 e. The third-order valence-electron chi connectivity index (χ3n) is 12.3. The lowest BCUT2D eigenvalue weighted by molar-refractivity contribution is -0.173. The molecule has 4 fully saturated rings. The lowest BCUT2D eigenvalue weighted by atomic mass is 9.98. The number of fused-ring (bicyclic) bond motifs is 6. The van der Waals surface area contributed by atoms with Crippen LogP contribution in [0.1, 0.15) is 102 Å². The number of nitrogens with zero attached hydrogens (tertiary/aromatic N) is 2. The van der Waals surface area contributed by atoms with Gasteiger partial charge in [-0.1, -0.05) is 55.7 Å². The second-order valence-electron chi connectivity index (χ2n) is 16.3. The Morgan fingerprint density at radius 3 is 2.65 bits per heavy atom. The van der Waals surface area contributed by atoms with E-state index in [1.165, 1.54) is 4.90 Å². The summed E-state index contributed by atoms with van der Waals surface area (Å²) in [5.41, 5.74) is 0.0176. The summed E-state index contributed by atoms with van der Waals surface area (Å²) in [6.45, 7) is 0.0747. The number of pyridine rings is 1. The van der Waals surface area contributed by atoms with E-state index in [-0.39, 0.29) is 31.4 Å². The molecular formula is C41H53N5O8S. The van der Waals surface area contributed by atoms with Gasteiger partial charge < -0.3 is 24.8 Å². The highest BCUT2D eigenvalue weighted by molar-refractivity contribution is 7.91. The van der Waals surface area contributed by atoms with Crippen LogP contribution in [0.25, 0.3) is 17.0 Å². The van der Waals surface area contributed by atoms with E-state index >= 15 is 0 Å². The Balaban J connectivity index is 1.14. The third-order valence-corrected chi connectivity index (χ3v) is 14.1. The van der Waals surface area contributed by atoms with Gasteiger partial charge >= 0.3 is 0 Å². The SMILES string of the molecule is O=C1N[C@]2(C(=O)NS(=O)(=O)C3CC3)C[C@H]2/C=C\CCCCC[C@@H]2NC(O)O[C@@H]3CCC[C@H]3CCC/C=C/c3nc4ccccc4cc3O[C@@H]3C[C@@H]1N(C3)C2=O. The molecule has 8 atom stereocenters. The average molecular weight is 776 g/mol. The largest absolute Gasteiger partial charge is 0.486 e. The normalized spacial score (nSPS) is 34.7. The number of aliphatic hydroxyl groups is 1. The summed E-state index contributed by atoms with van der Waals surface area (Å²) in [7, 11) is -3.87. The van der Waals surface area contributed by atoms with Crippen molar-refractivity contribution in [2.75, 3.05) is 6.54 Å². The summed E-state index contributed by atoms with van der Waals surface area (Å²) >= 11 is 0. The Morgan fingerprint density at radius 1 is 0.982 bits per heavy atom. The highest BCUT2D eigenvalue weighted by Gasteiger charge is 2.62. The molecule has 13 nitrogen and oxygen atoms in total. The summed E-state index contributed by atoms with van der Waals surface area (Å²) < 4.78 is 40.9. The maximum atomic E-state index is 14.7. The molecule has 3 bridgehead atoms. The van der Waals surface area contributed by atoms with E-state index in [2.05, 4.69) is 21.4 Å². The highest BCUT2D eigenvalue weighted by atomic mass is 32.2. The van der Waals surface area contributed by atoms with Gasteiger partial charge in [-0.3, -0.25) is 24.4 Å². The molecule has 8 rings (SSSR count). The van der Waals surface area contributed by atoms with Crippen LogP contribution in [0.15, 0.2) is 48.6 Å². The van der Waals surface area contributed by atoms with E-state index in [1.807, 2.05) is 48.6 Å². The van der Waals surface area contributed by atoms with Crippen molar-refractivity contribution in [2.24, 2.45) is 11.8 Å². The van der Waals surface area contributed by atoms with Crippen LogP contribution in [-0.4, -0.2) is 89.2 Å². The molecule has 296 valence electrons. The number of amides is 3. The number of carbonyl (C=O) groups is 3. The first-order valence-electron chi connectivity index (χ1n) is 20.3. The van der Waals surface area contributed by atoms with Gasteiger partial charge in [0.25, 0.3) is 5.91 Å². The van der Waals surface area contributed by atoms with Gasteiger partial charge in [0.2, 0.25) is 28.3 Å². The maximum absolute atomic E-state index is 14.7. The molecule has 3 aliphatic heterocycles. The van der Waals surface area contributed by atoms with Crippen molar-refractivity contribution in [1.29, 1.82) is 0 Å². The fraction of sp³-hybridized carbons (Fsp3) is 0.610. The third kappa shape index (κ3) is 8.47. The standard InChI is InChI=1S/C41H53N5O8S/c47-37-34-23-29-25-46(34)38(48)33(18-7-3-1-2-6-15-28-24-41(28,44-37)39(49)45-55(51,52)30-20-21-30)43-40(50)54-35-19-11-14-26(35)12-5-4-8-17-32-36(53-29)22-27-13-9-10-16-31(27)42-32/h6,8-10,13,15-17,22,26,28-30,33-35,40,43,50H,1-5,7,11-12,14,18-21,23-25H2,(H,44,47)(H,45,49)/b15-6-,17-8+/t26-,28-,29-,33+,34+,35-,40?,41-/m1/s1. The Hall–Kier alpha value is -3.85. The number of allylic oxidation sites excluding steroid dienone is 2. The van der Waals surface area contributed by atoms with Gasteiger partial charge in [0.1, 0.15) is 29.1 Å². The van der Waals surface area contributed by atoms with E-state index in [1.54, 1.807) is 0 Å². The monoisotopic (exact) mass is 775 g/mol. The number of ether oxygens (including phenoxy) is 2. The van der Waals surface area contributed by atoms with Crippen LogP contribution in [0.5, 0.6) is 5.75 Å². The first-order valence-corrected chi connectivity index (χ1v) is 21.8. The molecule has 6 aliphatic rings. The molecule has 4 heterocycles. The van der Waals surface area contributed by atoms with E-state index in [0.717, 1.165) is 68.7 Å². The summed E-state index contributed by atoms with van der Waals surface area (Å²) in [5, 5.41) is 17.6. The van der Waals surface area contributed by atoms with E-state index in [4.69, 9.17) is 14.5 Å². The van der Waals surface area contributed by atoms with Crippen LogP contribution < -0.4 is 20.1 Å². The average Bonchev–Trinajstić information content (AvgIpc) is 4.05. The summed E-state index contributed by atoms with van der Waals surface area (Å²) in [6, 6.07) is 7.86. The molecule has 14 heteroatoms. The number of rotatable bonds is 3. The number of benzene rings is 1. The first kappa shape index (κ1) is 38.0. The predicted molar refractivity (Wildman–Crippen MR) is 206 cm³/mol. The molecule has 1 saturated heterocycles. The van der Waals surface area contributed by atoms with Gasteiger partial charge in [0.05, 0.1) is 29.5 Å². The highest BCUT2D eigenvalue weighted by Crippen LogP contribution is 2.46. The van der Waals surface area contributed by atoms with Crippen molar-refractivity contribution in [1.82, 2.24) is 25.2 Å². The number of para-hydroxylation sites is 1. The number of aliphatic hydroxyl groups excluding tert-OH is 1. The fourth-order valence-corrected chi connectivity index (χ4v) is 10.3. The van der Waals surface area contributed by atoms with Crippen LogP contribution in [0.2, 0.25) is 0 Å². The molecule has 55 heavy (non-hydrogen) atoms. The van der Waals surface area contributed by atoms with Crippen molar-refractivity contribution in [3.8, 4) is 5.75 Å². The summed E-state index contributed by atoms with van der Waals surface area (Å²) in [4.78, 5) is 49.4. The fourth-order valence-electron chi connectivity index (χ4n) is 8.95. The molecule has 0 spiro atoms. The number of hydrogen-bond acceptors (Lipinski definition) is 10. The van der Waals surface area contributed by atoms with Crippen LogP contribution in [0, 0.1) is 11.8 Å². The molecule has 4 N–H and O–H groups in total. The van der Waals surface area contributed by atoms with Crippen molar-refractivity contribution >= 4 is 44.7 Å². The molecule has 3 aliphatic carbocycles. The Kier molecular flexibility index (Phi) is 11.0. The van der Waals surface area contributed by atoms with Crippen LogP contribution in [0.4, 0.5) is 0 Å². The van der Waals surface area contributed by atoms with E-state index in [9.17, 15) is 27.9 Å². The van der Waals surface area contributed by atoms with Crippen molar-refractivity contribution in [3.63, 3.8) is 0 Å². The molecule has 3 amide bonds. The minimum atomic E-state index is -3.87. The number of aromatic nitrogens is 1. The zero-order chi connectivity index (χ0) is 38.2. The second-order valence-corrected chi connectivity index (χ2v) is 18.3. The Bertz CT molecular complexity index is 1950. The first-order chi connectivity index (χ1) is 26.6. The number of hydrogen-bond donors (Lipinski definition) is 4. The quantitative estimate of drug-likeness (QED) is 0.331. The van der Waals surface area contributed by atoms with Crippen molar-refractivity contribution < 1.29 is 37.4 Å². The molecule has 1 aromatic carbocycles. The number of sulfonamides is 1. The zero-order valence-corrected chi connectivity index (χ0v) is 32.1. The van der Waals surface area contributed by atoms with Crippen LogP contribution in [0.3, 0.4) is 0 Å².